The van der Waals surface area contributed by atoms with E-state index in [1.807, 2.05) is 23.1 Å². The first-order valence-corrected chi connectivity index (χ1v) is 12.8. The third-order valence-corrected chi connectivity index (χ3v) is 6.36. The lowest BCUT2D eigenvalue weighted by molar-refractivity contribution is -0.115. The third-order valence-electron chi connectivity index (χ3n) is 5.21. The summed E-state index contributed by atoms with van der Waals surface area (Å²) in [6, 6.07) is 21.3. The molecule has 0 spiro atoms. The van der Waals surface area contributed by atoms with Crippen molar-refractivity contribution in [2.24, 2.45) is 11.7 Å². The molecule has 0 heterocycles. The van der Waals surface area contributed by atoms with Gasteiger partial charge in [-0.15, -0.1) is 0 Å². The lowest BCUT2D eigenvalue weighted by atomic mass is 10.1. The predicted octanol–water partition coefficient (Wildman–Crippen LogP) is 4.14. The fourth-order valence-corrected chi connectivity index (χ4v) is 4.62. The van der Waals surface area contributed by atoms with E-state index in [2.05, 4.69) is 19.2 Å². The third kappa shape index (κ3) is 6.45. The van der Waals surface area contributed by atoms with E-state index in [1.165, 1.54) is 6.26 Å². The Bertz CT molecular complexity index is 1290. The Labute approximate surface area is 201 Å². The Kier molecular flexibility index (Phi) is 7.73. The Morgan fingerprint density at radius 1 is 1.03 bits per heavy atom. The molecule has 0 radical (unpaired) electrons. The van der Waals surface area contributed by atoms with Crippen LogP contribution in [0.4, 0.5) is 11.4 Å². The molecule has 8 heteroatoms. The molecule has 0 saturated heterocycles. The van der Waals surface area contributed by atoms with E-state index in [0.717, 1.165) is 11.3 Å². The largest absolute Gasteiger partial charge is 0.384 e. The molecule has 3 rings (SSSR count). The lowest BCUT2D eigenvalue weighted by Gasteiger charge is -2.26. The zero-order valence-electron chi connectivity index (χ0n) is 19.6. The van der Waals surface area contributed by atoms with Gasteiger partial charge in [0.15, 0.2) is 9.84 Å². The molecule has 7 nitrogen and oxygen atoms in total. The number of nitrogens with one attached hydrogen (secondary N) is 2. The fraction of sp³-hybridized carbons (Fsp3) is 0.231. The van der Waals surface area contributed by atoms with Crippen LogP contribution in [0.3, 0.4) is 0 Å². The number of rotatable bonds is 9. The minimum absolute atomic E-state index is 0.0201. The van der Waals surface area contributed by atoms with Crippen LogP contribution in [0.25, 0.3) is 11.1 Å². The maximum Gasteiger partial charge on any atom is 0.243 e. The summed E-state index contributed by atoms with van der Waals surface area (Å²) in [5, 5.41) is 10.6. The molecule has 0 atom stereocenters. The van der Waals surface area contributed by atoms with Crippen LogP contribution in [0.15, 0.2) is 77.7 Å². The van der Waals surface area contributed by atoms with Crippen molar-refractivity contribution in [1.29, 1.82) is 5.41 Å². The molecule has 0 aliphatic rings. The summed E-state index contributed by atoms with van der Waals surface area (Å²) in [5.41, 5.74) is 9.05. The second kappa shape index (κ2) is 10.5. The number of sulfone groups is 1. The van der Waals surface area contributed by atoms with Gasteiger partial charge < -0.3 is 16.0 Å². The maximum absolute atomic E-state index is 12.8. The van der Waals surface area contributed by atoms with Gasteiger partial charge in [0.05, 0.1) is 11.4 Å². The van der Waals surface area contributed by atoms with E-state index in [4.69, 9.17) is 11.1 Å². The normalized spacial score (nSPS) is 11.3. The van der Waals surface area contributed by atoms with Gasteiger partial charge in [0, 0.05) is 35.3 Å². The number of amidine groups is 1. The molecule has 0 aromatic heterocycles. The molecule has 34 heavy (non-hydrogen) atoms. The molecule has 0 saturated carbocycles. The summed E-state index contributed by atoms with van der Waals surface area (Å²) in [6.07, 6.45) is 1.19. The molecule has 0 unspecified atom stereocenters. The molecule has 0 aliphatic carbocycles. The number of nitrogens with zero attached hydrogens (tertiary/aromatic N) is 1. The number of carbonyl (C=O) groups is 1. The van der Waals surface area contributed by atoms with Crippen molar-refractivity contribution in [3.05, 3.63) is 78.4 Å². The smallest absolute Gasteiger partial charge is 0.243 e. The average Bonchev–Trinajstić information content (AvgIpc) is 2.78. The van der Waals surface area contributed by atoms with Gasteiger partial charge in [-0.3, -0.25) is 10.2 Å². The van der Waals surface area contributed by atoms with Crippen LogP contribution in [0.2, 0.25) is 0 Å². The predicted molar refractivity (Wildman–Crippen MR) is 138 cm³/mol. The van der Waals surface area contributed by atoms with Crippen molar-refractivity contribution in [1.82, 2.24) is 0 Å². The minimum Gasteiger partial charge on any atom is -0.384 e. The number of benzene rings is 3. The van der Waals surface area contributed by atoms with Gasteiger partial charge in [-0.25, -0.2) is 8.42 Å². The maximum atomic E-state index is 12.8. The number of carbonyl (C=O) groups excluding carboxylic acids is 1. The Hall–Kier alpha value is -3.65. The van der Waals surface area contributed by atoms with Crippen molar-refractivity contribution in [2.75, 3.05) is 29.6 Å². The van der Waals surface area contributed by atoms with E-state index < -0.39 is 9.84 Å². The average molecular weight is 479 g/mol. The Morgan fingerprint density at radius 3 is 2.32 bits per heavy atom. The number of anilines is 2. The Balaban J connectivity index is 1.76. The van der Waals surface area contributed by atoms with Crippen LogP contribution in [0.5, 0.6) is 0 Å². The monoisotopic (exact) mass is 478 g/mol. The van der Waals surface area contributed by atoms with Gasteiger partial charge >= 0.3 is 0 Å². The molecule has 0 fully saturated rings. The number of hydrogen-bond donors (Lipinski definition) is 3. The van der Waals surface area contributed by atoms with Crippen molar-refractivity contribution < 1.29 is 13.2 Å². The number of nitrogens with two attached hydrogens (primary N) is 1. The van der Waals surface area contributed by atoms with Gasteiger partial charge in [-0.05, 0) is 41.8 Å². The van der Waals surface area contributed by atoms with E-state index in [-0.39, 0.29) is 23.2 Å². The number of nitrogen functional groups attached to an aromatic ring is 1. The molecule has 3 aromatic rings. The molecule has 0 bridgehead atoms. The standard InChI is InChI=1S/C26H30N4O3S/c1-18(2)16-30(22-8-6-7-20(15-22)26(27)28)17-25(31)29-21-13-11-19(12-14-21)23-9-4-5-10-24(23)34(3,32)33/h4-15,18H,16-17H2,1-3H3,(H3,27,28)(H,29,31). The summed E-state index contributed by atoms with van der Waals surface area (Å²) in [5.74, 6) is 0.120. The number of hydrogen-bond acceptors (Lipinski definition) is 5. The summed E-state index contributed by atoms with van der Waals surface area (Å²) in [4.78, 5) is 15.1. The lowest BCUT2D eigenvalue weighted by Crippen LogP contribution is -2.36. The molecular weight excluding hydrogens is 448 g/mol. The minimum atomic E-state index is -3.37. The molecule has 4 N–H and O–H groups in total. The van der Waals surface area contributed by atoms with Crippen LogP contribution in [-0.4, -0.2) is 39.5 Å². The van der Waals surface area contributed by atoms with Gasteiger partial charge in [0.1, 0.15) is 5.84 Å². The second-order valence-electron chi connectivity index (χ2n) is 8.63. The van der Waals surface area contributed by atoms with Gasteiger partial charge in [0.25, 0.3) is 0 Å². The van der Waals surface area contributed by atoms with Crippen LogP contribution >= 0.6 is 0 Å². The van der Waals surface area contributed by atoms with Crippen LogP contribution < -0.4 is 16.0 Å². The van der Waals surface area contributed by atoms with Crippen LogP contribution in [0, 0.1) is 11.3 Å². The van der Waals surface area contributed by atoms with Crippen molar-refractivity contribution in [3.8, 4) is 11.1 Å². The van der Waals surface area contributed by atoms with Gasteiger partial charge in [-0.1, -0.05) is 56.3 Å². The zero-order chi connectivity index (χ0) is 24.9. The quantitative estimate of drug-likeness (QED) is 0.316. The Morgan fingerprint density at radius 2 is 1.71 bits per heavy atom. The molecule has 0 aliphatic heterocycles. The van der Waals surface area contributed by atoms with E-state index in [9.17, 15) is 13.2 Å². The van der Waals surface area contributed by atoms with Gasteiger partial charge in [0.2, 0.25) is 5.91 Å². The summed E-state index contributed by atoms with van der Waals surface area (Å²) < 4.78 is 24.2. The molecule has 3 aromatic carbocycles. The highest BCUT2D eigenvalue weighted by atomic mass is 32.2. The van der Waals surface area contributed by atoms with Crippen molar-refractivity contribution in [2.45, 2.75) is 18.7 Å². The highest BCUT2D eigenvalue weighted by Crippen LogP contribution is 2.28. The first-order chi connectivity index (χ1) is 16.0. The van der Waals surface area contributed by atoms with E-state index in [0.29, 0.717) is 29.3 Å². The van der Waals surface area contributed by atoms with E-state index in [1.54, 1.807) is 54.6 Å². The molecule has 1 amide bonds. The molecule has 178 valence electrons. The SMILES string of the molecule is CC(C)CN(CC(=O)Nc1ccc(-c2ccccc2S(C)(=O)=O)cc1)c1cccc(C(=N)N)c1. The highest BCUT2D eigenvalue weighted by molar-refractivity contribution is 7.90. The number of amides is 1. The first kappa shape index (κ1) is 25.0. The summed E-state index contributed by atoms with van der Waals surface area (Å²) in [7, 11) is -3.37. The topological polar surface area (TPSA) is 116 Å². The summed E-state index contributed by atoms with van der Waals surface area (Å²) >= 11 is 0. The van der Waals surface area contributed by atoms with Crippen molar-refractivity contribution >= 4 is 33.0 Å². The molecular formula is C26H30N4O3S. The van der Waals surface area contributed by atoms with E-state index >= 15 is 0 Å². The highest BCUT2D eigenvalue weighted by Gasteiger charge is 2.16. The second-order valence-corrected chi connectivity index (χ2v) is 10.6. The van der Waals surface area contributed by atoms with Crippen molar-refractivity contribution in [3.63, 3.8) is 0 Å². The van der Waals surface area contributed by atoms with Crippen LogP contribution in [0.1, 0.15) is 19.4 Å². The van der Waals surface area contributed by atoms with Crippen LogP contribution in [-0.2, 0) is 14.6 Å². The summed E-state index contributed by atoms with van der Waals surface area (Å²) in [6.45, 7) is 4.95. The fourth-order valence-electron chi connectivity index (χ4n) is 3.71. The van der Waals surface area contributed by atoms with Gasteiger partial charge in [-0.2, -0.15) is 0 Å². The zero-order valence-corrected chi connectivity index (χ0v) is 20.4. The first-order valence-electron chi connectivity index (χ1n) is 10.9.